The highest BCUT2D eigenvalue weighted by Gasteiger charge is 2.46. The number of allylic oxidation sites excluding steroid dienone is 2. The maximum absolute atomic E-state index is 14.1. The quantitative estimate of drug-likeness (QED) is 0.596. The van der Waals surface area contributed by atoms with Gasteiger partial charge in [0.15, 0.2) is 0 Å². The summed E-state index contributed by atoms with van der Waals surface area (Å²) in [5.74, 6) is 0.0197. The number of amides is 1. The Morgan fingerprint density at radius 3 is 2.93 bits per heavy atom. The predicted octanol–water partition coefficient (Wildman–Crippen LogP) is 3.75. The second kappa shape index (κ2) is 9.66. The number of halogens is 1. The Labute approximate surface area is 168 Å². The van der Waals surface area contributed by atoms with Crippen LogP contribution in [0.25, 0.3) is 0 Å². The molecule has 5 heteroatoms. The van der Waals surface area contributed by atoms with E-state index in [-0.39, 0.29) is 17.1 Å². The third-order valence-electron chi connectivity index (χ3n) is 6.27. The molecule has 1 N–H and O–H groups in total. The fourth-order valence-electron chi connectivity index (χ4n) is 4.71. The lowest BCUT2D eigenvalue weighted by Gasteiger charge is -2.51. The Kier molecular flexibility index (Phi) is 7.24. The number of carbonyl (C=O) groups excluding carboxylic acids is 1. The molecule has 4 nitrogen and oxygen atoms in total. The first-order chi connectivity index (χ1) is 13.5. The van der Waals surface area contributed by atoms with Crippen LogP contribution in [0.4, 0.5) is 4.39 Å². The van der Waals surface area contributed by atoms with Crippen LogP contribution in [-0.2, 0) is 11.3 Å². The number of piperidine rings is 2. The maximum atomic E-state index is 14.1. The minimum Gasteiger partial charge on any atom is -0.392 e. The van der Waals surface area contributed by atoms with Crippen molar-refractivity contribution in [3.05, 3.63) is 47.8 Å². The molecule has 1 aromatic rings. The second-order valence-electron chi connectivity index (χ2n) is 8.35. The lowest BCUT2D eigenvalue weighted by molar-refractivity contribution is -0.141. The SMILES string of the molecule is CC=CCCCC(=O)N1CCC[C@@]2(CN(Cc3ccccc3F)CC[C@H]2O)C1. The highest BCUT2D eigenvalue weighted by molar-refractivity contribution is 5.76. The number of aliphatic hydroxyl groups is 1. The number of rotatable bonds is 6. The summed E-state index contributed by atoms with van der Waals surface area (Å²) in [5, 5.41) is 10.8. The smallest absolute Gasteiger partial charge is 0.222 e. The monoisotopic (exact) mass is 388 g/mol. The fourth-order valence-corrected chi connectivity index (χ4v) is 4.71. The average molecular weight is 389 g/mol. The molecule has 0 saturated carbocycles. The summed E-state index contributed by atoms with van der Waals surface area (Å²) >= 11 is 0. The number of unbranched alkanes of at least 4 members (excludes halogenated alkanes) is 1. The number of likely N-dealkylation sites (tertiary alicyclic amines) is 2. The van der Waals surface area contributed by atoms with Crippen molar-refractivity contribution in [2.45, 2.75) is 58.1 Å². The molecule has 0 bridgehead atoms. The molecular formula is C23H33FN2O2. The van der Waals surface area contributed by atoms with Crippen LogP contribution in [0.2, 0.25) is 0 Å². The van der Waals surface area contributed by atoms with Gasteiger partial charge in [-0.1, -0.05) is 30.4 Å². The van der Waals surface area contributed by atoms with Crippen molar-refractivity contribution < 1.29 is 14.3 Å². The van der Waals surface area contributed by atoms with E-state index in [1.165, 1.54) is 6.07 Å². The van der Waals surface area contributed by atoms with Crippen LogP contribution in [0.5, 0.6) is 0 Å². The maximum Gasteiger partial charge on any atom is 0.222 e. The topological polar surface area (TPSA) is 43.8 Å². The molecule has 2 fully saturated rings. The largest absolute Gasteiger partial charge is 0.392 e. The van der Waals surface area contributed by atoms with Gasteiger partial charge >= 0.3 is 0 Å². The average Bonchev–Trinajstić information content (AvgIpc) is 2.70. The van der Waals surface area contributed by atoms with Crippen LogP contribution in [0.3, 0.4) is 0 Å². The van der Waals surface area contributed by atoms with Gasteiger partial charge < -0.3 is 10.0 Å². The van der Waals surface area contributed by atoms with Gasteiger partial charge in [0.25, 0.3) is 0 Å². The number of hydrogen-bond donors (Lipinski definition) is 1. The standard InChI is InChI=1S/C23H33FN2O2/c1-2-3-4-5-11-22(28)26-14-8-13-23(18-26)17-25(15-12-21(23)27)16-19-9-6-7-10-20(19)24/h2-3,6-7,9-10,21,27H,4-5,8,11-18H2,1H3/t21-,23-/m1/s1. The number of aliphatic hydroxyl groups excluding tert-OH is 1. The summed E-state index contributed by atoms with van der Waals surface area (Å²) in [6.07, 6.45) is 8.60. The first-order valence-corrected chi connectivity index (χ1v) is 10.6. The molecule has 2 aliphatic heterocycles. The molecular weight excluding hydrogens is 355 g/mol. The Morgan fingerprint density at radius 1 is 1.32 bits per heavy atom. The summed E-state index contributed by atoms with van der Waals surface area (Å²) in [7, 11) is 0. The van der Waals surface area contributed by atoms with E-state index in [4.69, 9.17) is 0 Å². The minimum absolute atomic E-state index is 0.177. The van der Waals surface area contributed by atoms with Crippen molar-refractivity contribution in [3.8, 4) is 0 Å². The highest BCUT2D eigenvalue weighted by atomic mass is 19.1. The Morgan fingerprint density at radius 2 is 2.14 bits per heavy atom. The lowest BCUT2D eigenvalue weighted by Crippen LogP contribution is -2.59. The molecule has 1 amide bonds. The zero-order chi connectivity index (χ0) is 20.0. The van der Waals surface area contributed by atoms with E-state index in [1.54, 1.807) is 6.07 Å². The van der Waals surface area contributed by atoms with Crippen LogP contribution in [0, 0.1) is 11.2 Å². The third kappa shape index (κ3) is 5.00. The summed E-state index contributed by atoms with van der Waals surface area (Å²) < 4.78 is 14.1. The minimum atomic E-state index is -0.400. The molecule has 2 atom stereocenters. The van der Waals surface area contributed by atoms with Crippen molar-refractivity contribution in [2.75, 3.05) is 26.2 Å². The van der Waals surface area contributed by atoms with Crippen LogP contribution in [0.15, 0.2) is 36.4 Å². The predicted molar refractivity (Wildman–Crippen MR) is 109 cm³/mol. The van der Waals surface area contributed by atoms with E-state index in [2.05, 4.69) is 11.0 Å². The van der Waals surface area contributed by atoms with E-state index in [1.807, 2.05) is 30.0 Å². The van der Waals surface area contributed by atoms with Gasteiger partial charge in [0.05, 0.1) is 6.10 Å². The van der Waals surface area contributed by atoms with Gasteiger partial charge in [0.2, 0.25) is 5.91 Å². The number of nitrogens with zero attached hydrogens (tertiary/aromatic N) is 2. The van der Waals surface area contributed by atoms with Gasteiger partial charge in [-0.15, -0.1) is 0 Å². The number of carbonyl (C=O) groups is 1. The van der Waals surface area contributed by atoms with Crippen LogP contribution < -0.4 is 0 Å². The Hall–Kier alpha value is -1.72. The first kappa shape index (κ1) is 21.0. The highest BCUT2D eigenvalue weighted by Crippen LogP contribution is 2.39. The molecule has 0 radical (unpaired) electrons. The zero-order valence-electron chi connectivity index (χ0n) is 16.9. The molecule has 2 heterocycles. The van der Waals surface area contributed by atoms with E-state index >= 15 is 0 Å². The first-order valence-electron chi connectivity index (χ1n) is 10.6. The molecule has 2 saturated heterocycles. The molecule has 0 aromatic heterocycles. The van der Waals surface area contributed by atoms with Gasteiger partial charge in [-0.05, 0) is 45.1 Å². The summed E-state index contributed by atoms with van der Waals surface area (Å²) in [5.41, 5.74) is 0.405. The number of hydrogen-bond acceptors (Lipinski definition) is 3. The molecule has 1 aromatic carbocycles. The molecule has 0 unspecified atom stereocenters. The number of benzene rings is 1. The molecule has 1 spiro atoms. The van der Waals surface area contributed by atoms with Crippen molar-refractivity contribution >= 4 is 5.91 Å². The molecule has 154 valence electrons. The van der Waals surface area contributed by atoms with E-state index in [0.717, 1.165) is 38.8 Å². The summed E-state index contributed by atoms with van der Waals surface area (Å²) in [4.78, 5) is 16.9. The van der Waals surface area contributed by atoms with Crippen molar-refractivity contribution in [2.24, 2.45) is 5.41 Å². The van der Waals surface area contributed by atoms with Crippen LogP contribution in [-0.4, -0.2) is 53.1 Å². The summed E-state index contributed by atoms with van der Waals surface area (Å²) in [6.45, 7) is 5.42. The van der Waals surface area contributed by atoms with Gasteiger partial charge in [-0.3, -0.25) is 9.69 Å². The van der Waals surface area contributed by atoms with Gasteiger partial charge in [-0.2, -0.15) is 0 Å². The van der Waals surface area contributed by atoms with E-state index in [9.17, 15) is 14.3 Å². The molecule has 0 aliphatic carbocycles. The Bertz CT molecular complexity index is 693. The van der Waals surface area contributed by atoms with E-state index < -0.39 is 6.10 Å². The second-order valence-corrected chi connectivity index (χ2v) is 8.35. The fraction of sp³-hybridized carbons (Fsp3) is 0.609. The molecule has 3 rings (SSSR count). The van der Waals surface area contributed by atoms with Crippen molar-refractivity contribution in [1.82, 2.24) is 9.80 Å². The van der Waals surface area contributed by atoms with Gasteiger partial charge in [-0.25, -0.2) is 4.39 Å². The zero-order valence-corrected chi connectivity index (χ0v) is 16.9. The van der Waals surface area contributed by atoms with Gasteiger partial charge in [0, 0.05) is 50.1 Å². The van der Waals surface area contributed by atoms with Gasteiger partial charge in [0.1, 0.15) is 5.82 Å². The molecule has 2 aliphatic rings. The van der Waals surface area contributed by atoms with Crippen molar-refractivity contribution in [3.63, 3.8) is 0 Å². The molecule has 28 heavy (non-hydrogen) atoms. The van der Waals surface area contributed by atoms with Crippen LogP contribution in [0.1, 0.15) is 51.0 Å². The lowest BCUT2D eigenvalue weighted by atomic mass is 9.71. The van der Waals surface area contributed by atoms with Crippen molar-refractivity contribution in [1.29, 1.82) is 0 Å². The third-order valence-corrected chi connectivity index (χ3v) is 6.27. The summed E-state index contributed by atoms with van der Waals surface area (Å²) in [6, 6.07) is 6.90. The normalized spacial score (nSPS) is 26.2. The van der Waals surface area contributed by atoms with Crippen LogP contribution >= 0.6 is 0 Å². The van der Waals surface area contributed by atoms with E-state index in [0.29, 0.717) is 38.0 Å². The Balaban J connectivity index is 1.63.